The SMILES string of the molecule is Cc1nc2cc(NC(=O)OCc3ccccc3)ccc2n1C. The van der Waals surface area contributed by atoms with Gasteiger partial charge in [0.2, 0.25) is 0 Å². The molecule has 1 heterocycles. The standard InChI is InChI=1S/C17H17N3O2/c1-12-18-15-10-14(8-9-16(15)20(12)2)19-17(21)22-11-13-6-4-3-5-7-13/h3-10H,11H2,1-2H3,(H,19,21). The van der Waals surface area contributed by atoms with Crippen LogP contribution in [0, 0.1) is 6.92 Å². The zero-order valence-corrected chi connectivity index (χ0v) is 12.5. The molecular weight excluding hydrogens is 278 g/mol. The van der Waals surface area contributed by atoms with Crippen LogP contribution >= 0.6 is 0 Å². The molecule has 0 aliphatic heterocycles. The molecule has 0 saturated carbocycles. The number of anilines is 1. The van der Waals surface area contributed by atoms with E-state index in [2.05, 4.69) is 10.3 Å². The molecule has 5 nitrogen and oxygen atoms in total. The number of rotatable bonds is 3. The van der Waals surface area contributed by atoms with Crippen LogP contribution in [-0.4, -0.2) is 15.6 Å². The molecule has 0 aliphatic rings. The molecule has 3 rings (SSSR count). The highest BCUT2D eigenvalue weighted by molar-refractivity contribution is 5.88. The maximum atomic E-state index is 11.8. The maximum absolute atomic E-state index is 11.8. The van der Waals surface area contributed by atoms with Crippen LogP contribution in [0.3, 0.4) is 0 Å². The number of benzene rings is 2. The maximum Gasteiger partial charge on any atom is 0.411 e. The number of aryl methyl sites for hydroxylation is 2. The third-order valence-electron chi connectivity index (χ3n) is 3.56. The number of hydrogen-bond donors (Lipinski definition) is 1. The van der Waals surface area contributed by atoms with Gasteiger partial charge in [0.25, 0.3) is 0 Å². The number of fused-ring (bicyclic) bond motifs is 1. The van der Waals surface area contributed by atoms with Gasteiger partial charge < -0.3 is 9.30 Å². The largest absolute Gasteiger partial charge is 0.444 e. The summed E-state index contributed by atoms with van der Waals surface area (Å²) in [6.07, 6.45) is -0.476. The highest BCUT2D eigenvalue weighted by atomic mass is 16.5. The second-order valence-corrected chi connectivity index (χ2v) is 5.11. The number of nitrogens with zero attached hydrogens (tertiary/aromatic N) is 2. The first-order chi connectivity index (χ1) is 10.6. The first kappa shape index (κ1) is 14.1. The lowest BCUT2D eigenvalue weighted by atomic mass is 10.2. The summed E-state index contributed by atoms with van der Waals surface area (Å²) in [5.74, 6) is 0.929. The van der Waals surface area contributed by atoms with Gasteiger partial charge in [-0.15, -0.1) is 0 Å². The van der Waals surface area contributed by atoms with Crippen molar-refractivity contribution in [3.05, 3.63) is 59.9 Å². The van der Waals surface area contributed by atoms with Crippen LogP contribution in [0.2, 0.25) is 0 Å². The van der Waals surface area contributed by atoms with Gasteiger partial charge in [0, 0.05) is 12.7 Å². The van der Waals surface area contributed by atoms with E-state index < -0.39 is 6.09 Å². The molecule has 1 aromatic heterocycles. The average molecular weight is 295 g/mol. The van der Waals surface area contributed by atoms with E-state index in [0.717, 1.165) is 22.4 Å². The lowest BCUT2D eigenvalue weighted by molar-refractivity contribution is 0.155. The molecule has 0 saturated heterocycles. The van der Waals surface area contributed by atoms with Gasteiger partial charge in [0.15, 0.2) is 0 Å². The Bertz CT molecular complexity index is 809. The van der Waals surface area contributed by atoms with Crippen LogP contribution in [0.5, 0.6) is 0 Å². The Labute approximate surface area is 128 Å². The van der Waals surface area contributed by atoms with Crippen LogP contribution < -0.4 is 5.32 Å². The highest BCUT2D eigenvalue weighted by Crippen LogP contribution is 2.19. The van der Waals surface area contributed by atoms with Crippen molar-refractivity contribution in [3.63, 3.8) is 0 Å². The van der Waals surface area contributed by atoms with E-state index in [1.165, 1.54) is 0 Å². The van der Waals surface area contributed by atoms with E-state index in [1.807, 2.05) is 67.1 Å². The monoisotopic (exact) mass is 295 g/mol. The molecule has 0 atom stereocenters. The van der Waals surface area contributed by atoms with Crippen molar-refractivity contribution in [1.29, 1.82) is 0 Å². The highest BCUT2D eigenvalue weighted by Gasteiger charge is 2.08. The number of hydrogen-bond acceptors (Lipinski definition) is 3. The van der Waals surface area contributed by atoms with Crippen LogP contribution in [0.4, 0.5) is 10.5 Å². The van der Waals surface area contributed by atoms with Crippen LogP contribution in [0.15, 0.2) is 48.5 Å². The molecule has 0 aliphatic carbocycles. The number of carbonyl (C=O) groups excluding carboxylic acids is 1. The van der Waals surface area contributed by atoms with Crippen LogP contribution in [0.1, 0.15) is 11.4 Å². The van der Waals surface area contributed by atoms with E-state index >= 15 is 0 Å². The van der Waals surface area contributed by atoms with Crippen molar-refractivity contribution in [2.24, 2.45) is 7.05 Å². The molecule has 1 amide bonds. The average Bonchev–Trinajstić information content (AvgIpc) is 2.81. The Morgan fingerprint density at radius 3 is 2.77 bits per heavy atom. The Hall–Kier alpha value is -2.82. The Balaban J connectivity index is 1.66. The molecule has 1 N–H and O–H groups in total. The molecule has 2 aromatic carbocycles. The van der Waals surface area contributed by atoms with E-state index in [0.29, 0.717) is 5.69 Å². The smallest absolute Gasteiger partial charge is 0.411 e. The number of amides is 1. The summed E-state index contributed by atoms with van der Waals surface area (Å²) in [6, 6.07) is 15.2. The quantitative estimate of drug-likeness (QED) is 0.802. The number of imidazole rings is 1. The fourth-order valence-electron chi connectivity index (χ4n) is 2.28. The lowest BCUT2D eigenvalue weighted by Crippen LogP contribution is -2.13. The summed E-state index contributed by atoms with van der Waals surface area (Å²) < 4.78 is 7.20. The predicted octanol–water partition coefficient (Wildman–Crippen LogP) is 3.63. The first-order valence-electron chi connectivity index (χ1n) is 7.04. The molecule has 0 spiro atoms. The van der Waals surface area contributed by atoms with Gasteiger partial charge in [0.1, 0.15) is 12.4 Å². The minimum atomic E-state index is -0.476. The summed E-state index contributed by atoms with van der Waals surface area (Å²) in [5, 5.41) is 2.72. The van der Waals surface area contributed by atoms with Crippen molar-refractivity contribution < 1.29 is 9.53 Å². The Morgan fingerprint density at radius 1 is 1.23 bits per heavy atom. The summed E-state index contributed by atoms with van der Waals surface area (Å²) in [5.41, 5.74) is 3.50. The molecule has 0 unspecified atom stereocenters. The first-order valence-corrected chi connectivity index (χ1v) is 7.04. The normalized spacial score (nSPS) is 10.6. The van der Waals surface area contributed by atoms with E-state index in [-0.39, 0.29) is 6.61 Å². The summed E-state index contributed by atoms with van der Waals surface area (Å²) in [7, 11) is 1.96. The van der Waals surface area contributed by atoms with E-state index in [4.69, 9.17) is 4.74 Å². The summed E-state index contributed by atoms with van der Waals surface area (Å²) >= 11 is 0. The second kappa shape index (κ2) is 5.89. The van der Waals surface area contributed by atoms with Crippen molar-refractivity contribution >= 4 is 22.8 Å². The molecule has 3 aromatic rings. The van der Waals surface area contributed by atoms with Crippen LogP contribution in [-0.2, 0) is 18.4 Å². The van der Waals surface area contributed by atoms with E-state index in [9.17, 15) is 4.79 Å². The second-order valence-electron chi connectivity index (χ2n) is 5.11. The van der Waals surface area contributed by atoms with Crippen LogP contribution in [0.25, 0.3) is 11.0 Å². The number of nitrogens with one attached hydrogen (secondary N) is 1. The van der Waals surface area contributed by atoms with Gasteiger partial charge >= 0.3 is 6.09 Å². The number of carbonyl (C=O) groups is 1. The predicted molar refractivity (Wildman–Crippen MR) is 85.7 cm³/mol. The van der Waals surface area contributed by atoms with Gasteiger partial charge in [-0.25, -0.2) is 9.78 Å². The fourth-order valence-corrected chi connectivity index (χ4v) is 2.28. The van der Waals surface area contributed by atoms with Crippen molar-refractivity contribution in [3.8, 4) is 0 Å². The molecule has 0 fully saturated rings. The molecular formula is C17H17N3O2. The van der Waals surface area contributed by atoms with Crippen molar-refractivity contribution in [2.75, 3.05) is 5.32 Å². The minimum Gasteiger partial charge on any atom is -0.444 e. The Kier molecular flexibility index (Phi) is 3.78. The fraction of sp³-hybridized carbons (Fsp3) is 0.176. The van der Waals surface area contributed by atoms with Gasteiger partial charge in [-0.05, 0) is 30.7 Å². The van der Waals surface area contributed by atoms with Gasteiger partial charge in [0.05, 0.1) is 11.0 Å². The minimum absolute atomic E-state index is 0.248. The van der Waals surface area contributed by atoms with Gasteiger partial charge in [-0.2, -0.15) is 0 Å². The molecule has 0 bridgehead atoms. The molecule has 5 heteroatoms. The number of ether oxygens (including phenoxy) is 1. The summed E-state index contributed by atoms with van der Waals surface area (Å²) in [4.78, 5) is 16.3. The zero-order chi connectivity index (χ0) is 15.5. The topological polar surface area (TPSA) is 56.1 Å². The van der Waals surface area contributed by atoms with E-state index in [1.54, 1.807) is 0 Å². The lowest BCUT2D eigenvalue weighted by Gasteiger charge is -2.07. The van der Waals surface area contributed by atoms with Crippen molar-refractivity contribution in [2.45, 2.75) is 13.5 Å². The third kappa shape index (κ3) is 2.93. The summed E-state index contributed by atoms with van der Waals surface area (Å²) in [6.45, 7) is 2.19. The third-order valence-corrected chi connectivity index (χ3v) is 3.56. The van der Waals surface area contributed by atoms with Crippen molar-refractivity contribution in [1.82, 2.24) is 9.55 Å². The van der Waals surface area contributed by atoms with Gasteiger partial charge in [-0.3, -0.25) is 5.32 Å². The number of aromatic nitrogens is 2. The molecule has 112 valence electrons. The van der Waals surface area contributed by atoms with Gasteiger partial charge in [-0.1, -0.05) is 30.3 Å². The molecule has 22 heavy (non-hydrogen) atoms. The Morgan fingerprint density at radius 2 is 2.00 bits per heavy atom. The zero-order valence-electron chi connectivity index (χ0n) is 12.5. The molecule has 0 radical (unpaired) electrons.